The molecule has 6 heteroatoms. The highest BCUT2D eigenvalue weighted by molar-refractivity contribution is 9.10. The van der Waals surface area contributed by atoms with Gasteiger partial charge in [-0.05, 0) is 37.6 Å². The summed E-state index contributed by atoms with van der Waals surface area (Å²) >= 11 is 3.31. The molecule has 1 aromatic carbocycles. The number of methoxy groups -OCH3 is 1. The van der Waals surface area contributed by atoms with Crippen molar-refractivity contribution in [2.24, 2.45) is 0 Å². The molecule has 19 heavy (non-hydrogen) atoms. The van der Waals surface area contributed by atoms with Crippen LogP contribution in [0.2, 0.25) is 0 Å². The van der Waals surface area contributed by atoms with E-state index in [9.17, 15) is 8.42 Å². The van der Waals surface area contributed by atoms with E-state index in [0.29, 0.717) is 18.0 Å². The number of nitrogens with zero attached hydrogens (tertiary/aromatic N) is 1. The number of sulfonamides is 1. The maximum atomic E-state index is 12.6. The second kappa shape index (κ2) is 7.38. The number of ether oxygens (including phenoxy) is 1. The lowest BCUT2D eigenvalue weighted by Crippen LogP contribution is -2.40. The van der Waals surface area contributed by atoms with Gasteiger partial charge in [0.15, 0.2) is 0 Å². The van der Waals surface area contributed by atoms with E-state index < -0.39 is 10.0 Å². The van der Waals surface area contributed by atoms with Gasteiger partial charge in [-0.2, -0.15) is 4.31 Å². The summed E-state index contributed by atoms with van der Waals surface area (Å²) < 4.78 is 32.6. The topological polar surface area (TPSA) is 46.6 Å². The lowest BCUT2D eigenvalue weighted by molar-refractivity contribution is 0.167. The Morgan fingerprint density at radius 2 is 1.89 bits per heavy atom. The summed E-state index contributed by atoms with van der Waals surface area (Å²) in [5.74, 6) is 0. The van der Waals surface area contributed by atoms with Crippen molar-refractivity contribution < 1.29 is 13.2 Å². The SMILES string of the molecule is CCC(C)N(CCOC)S(=O)(=O)c1ccc(Br)cc1. The number of hydrogen-bond acceptors (Lipinski definition) is 3. The molecule has 0 radical (unpaired) electrons. The Morgan fingerprint density at radius 1 is 1.32 bits per heavy atom. The Morgan fingerprint density at radius 3 is 2.37 bits per heavy atom. The Kier molecular flexibility index (Phi) is 6.46. The summed E-state index contributed by atoms with van der Waals surface area (Å²) in [4.78, 5) is 0.312. The van der Waals surface area contributed by atoms with Gasteiger partial charge in [0.05, 0.1) is 11.5 Å². The first kappa shape index (κ1) is 16.6. The quantitative estimate of drug-likeness (QED) is 0.760. The summed E-state index contributed by atoms with van der Waals surface area (Å²) in [6, 6.07) is 6.64. The zero-order chi connectivity index (χ0) is 14.5. The monoisotopic (exact) mass is 349 g/mol. The Labute approximate surface area is 123 Å². The van der Waals surface area contributed by atoms with Gasteiger partial charge in [-0.1, -0.05) is 22.9 Å². The van der Waals surface area contributed by atoms with Crippen molar-refractivity contribution in [2.75, 3.05) is 20.3 Å². The molecular weight excluding hydrogens is 330 g/mol. The zero-order valence-electron chi connectivity index (χ0n) is 11.5. The van der Waals surface area contributed by atoms with E-state index in [1.807, 2.05) is 13.8 Å². The van der Waals surface area contributed by atoms with E-state index in [1.54, 1.807) is 31.4 Å². The minimum atomic E-state index is -3.47. The number of halogens is 1. The second-order valence-electron chi connectivity index (χ2n) is 4.32. The smallest absolute Gasteiger partial charge is 0.243 e. The molecule has 1 atom stereocenters. The van der Waals surface area contributed by atoms with Gasteiger partial charge in [0, 0.05) is 24.2 Å². The molecule has 4 nitrogen and oxygen atoms in total. The predicted molar refractivity (Wildman–Crippen MR) is 79.7 cm³/mol. The molecule has 0 aliphatic rings. The highest BCUT2D eigenvalue weighted by atomic mass is 79.9. The van der Waals surface area contributed by atoms with Crippen molar-refractivity contribution in [1.29, 1.82) is 0 Å². The lowest BCUT2D eigenvalue weighted by Gasteiger charge is -2.27. The second-order valence-corrected chi connectivity index (χ2v) is 7.13. The summed E-state index contributed by atoms with van der Waals surface area (Å²) in [6.07, 6.45) is 0.763. The van der Waals surface area contributed by atoms with Gasteiger partial charge in [-0.25, -0.2) is 8.42 Å². The van der Waals surface area contributed by atoms with Crippen LogP contribution in [0.4, 0.5) is 0 Å². The van der Waals surface area contributed by atoms with Crippen molar-refractivity contribution in [3.05, 3.63) is 28.7 Å². The Bertz CT molecular complexity index is 487. The van der Waals surface area contributed by atoms with Gasteiger partial charge < -0.3 is 4.74 Å². The van der Waals surface area contributed by atoms with E-state index in [-0.39, 0.29) is 6.04 Å². The van der Waals surface area contributed by atoms with Gasteiger partial charge in [0.25, 0.3) is 0 Å². The fourth-order valence-electron chi connectivity index (χ4n) is 1.70. The van der Waals surface area contributed by atoms with Crippen molar-refractivity contribution in [2.45, 2.75) is 31.2 Å². The highest BCUT2D eigenvalue weighted by Crippen LogP contribution is 2.21. The van der Waals surface area contributed by atoms with Gasteiger partial charge in [0.1, 0.15) is 0 Å². The molecule has 108 valence electrons. The highest BCUT2D eigenvalue weighted by Gasteiger charge is 2.27. The van der Waals surface area contributed by atoms with Crippen molar-refractivity contribution in [3.8, 4) is 0 Å². The van der Waals surface area contributed by atoms with Crippen molar-refractivity contribution in [3.63, 3.8) is 0 Å². The molecule has 1 aromatic rings. The third kappa shape index (κ3) is 4.27. The number of benzene rings is 1. The van der Waals surface area contributed by atoms with Crippen LogP contribution in [0.5, 0.6) is 0 Å². The Balaban J connectivity index is 3.07. The van der Waals surface area contributed by atoms with E-state index in [2.05, 4.69) is 15.9 Å². The van der Waals surface area contributed by atoms with Crippen LogP contribution in [0.25, 0.3) is 0 Å². The maximum Gasteiger partial charge on any atom is 0.243 e. The first-order chi connectivity index (χ1) is 8.93. The van der Waals surface area contributed by atoms with Gasteiger partial charge in [0.2, 0.25) is 10.0 Å². The van der Waals surface area contributed by atoms with Crippen LogP contribution in [-0.2, 0) is 14.8 Å². The van der Waals surface area contributed by atoms with Crippen LogP contribution in [0.15, 0.2) is 33.6 Å². The lowest BCUT2D eigenvalue weighted by atomic mass is 10.3. The average Bonchev–Trinajstić information content (AvgIpc) is 2.39. The van der Waals surface area contributed by atoms with Crippen LogP contribution in [0, 0.1) is 0 Å². The molecule has 0 amide bonds. The third-order valence-corrected chi connectivity index (χ3v) is 5.57. The van der Waals surface area contributed by atoms with E-state index in [0.717, 1.165) is 10.9 Å². The van der Waals surface area contributed by atoms with Gasteiger partial charge in [-0.3, -0.25) is 0 Å². The van der Waals surface area contributed by atoms with Crippen molar-refractivity contribution in [1.82, 2.24) is 4.31 Å². The minimum absolute atomic E-state index is 0.0520. The largest absolute Gasteiger partial charge is 0.383 e. The Hall–Kier alpha value is -0.430. The molecule has 0 heterocycles. The average molecular weight is 350 g/mol. The van der Waals surface area contributed by atoms with Crippen LogP contribution < -0.4 is 0 Å². The minimum Gasteiger partial charge on any atom is -0.383 e. The third-order valence-electron chi connectivity index (χ3n) is 3.02. The van der Waals surface area contributed by atoms with Gasteiger partial charge >= 0.3 is 0 Å². The van der Waals surface area contributed by atoms with Crippen LogP contribution in [-0.4, -0.2) is 39.0 Å². The summed E-state index contributed by atoms with van der Waals surface area (Å²) in [7, 11) is -1.90. The molecule has 0 saturated heterocycles. The summed E-state index contributed by atoms with van der Waals surface area (Å²) in [6.45, 7) is 4.64. The van der Waals surface area contributed by atoms with Crippen LogP contribution in [0.3, 0.4) is 0 Å². The molecule has 0 fully saturated rings. The molecule has 0 N–H and O–H groups in total. The zero-order valence-corrected chi connectivity index (χ0v) is 13.9. The van der Waals surface area contributed by atoms with Crippen LogP contribution >= 0.6 is 15.9 Å². The number of hydrogen-bond donors (Lipinski definition) is 0. The molecular formula is C13H20BrNO3S. The molecule has 0 aromatic heterocycles. The normalized spacial score (nSPS) is 13.7. The molecule has 1 rings (SSSR count). The van der Waals surface area contributed by atoms with Gasteiger partial charge in [-0.15, -0.1) is 0 Å². The van der Waals surface area contributed by atoms with E-state index in [4.69, 9.17) is 4.74 Å². The summed E-state index contributed by atoms with van der Waals surface area (Å²) in [5.41, 5.74) is 0. The molecule has 0 bridgehead atoms. The molecule has 0 spiro atoms. The van der Waals surface area contributed by atoms with E-state index >= 15 is 0 Å². The fraction of sp³-hybridized carbons (Fsp3) is 0.538. The predicted octanol–water partition coefficient (Wildman–Crippen LogP) is 2.88. The number of rotatable bonds is 7. The van der Waals surface area contributed by atoms with Crippen molar-refractivity contribution >= 4 is 26.0 Å². The first-order valence-electron chi connectivity index (χ1n) is 6.19. The fourth-order valence-corrected chi connectivity index (χ4v) is 3.66. The maximum absolute atomic E-state index is 12.6. The van der Waals surface area contributed by atoms with E-state index in [1.165, 1.54) is 4.31 Å². The first-order valence-corrected chi connectivity index (χ1v) is 8.43. The summed E-state index contributed by atoms with van der Waals surface area (Å²) in [5, 5.41) is 0. The van der Waals surface area contributed by atoms with Crippen LogP contribution in [0.1, 0.15) is 20.3 Å². The standard InChI is InChI=1S/C13H20BrNO3S/c1-4-11(2)15(9-10-18-3)19(16,17)13-7-5-12(14)6-8-13/h5-8,11H,4,9-10H2,1-3H3. The molecule has 1 unspecified atom stereocenters. The molecule has 0 saturated carbocycles. The molecule has 0 aliphatic carbocycles. The molecule has 0 aliphatic heterocycles.